The lowest BCUT2D eigenvalue weighted by atomic mass is 9.98. The molecule has 1 aromatic rings. The van der Waals surface area contributed by atoms with Gasteiger partial charge >= 0.3 is 0 Å². The molecule has 0 aliphatic heterocycles. The van der Waals surface area contributed by atoms with Gasteiger partial charge in [0.1, 0.15) is 0 Å². The maximum Gasteiger partial charge on any atom is 0.0595 e. The lowest BCUT2D eigenvalue weighted by molar-refractivity contribution is 0.409. The van der Waals surface area contributed by atoms with Gasteiger partial charge in [-0.25, -0.2) is 0 Å². The highest BCUT2D eigenvalue weighted by molar-refractivity contribution is 6.42. The maximum absolute atomic E-state index is 6.01. The van der Waals surface area contributed by atoms with Crippen LogP contribution < -0.4 is 11.3 Å². The monoisotopic (exact) mass is 272 g/mol. The molecule has 4 heteroatoms. The van der Waals surface area contributed by atoms with Crippen LogP contribution in [0.15, 0.2) is 18.2 Å². The second-order valence-corrected chi connectivity index (χ2v) is 6.34. The second-order valence-electron chi connectivity index (χ2n) is 5.52. The van der Waals surface area contributed by atoms with E-state index >= 15 is 0 Å². The van der Waals surface area contributed by atoms with Gasteiger partial charge in [0.15, 0.2) is 0 Å². The van der Waals surface area contributed by atoms with Crippen molar-refractivity contribution in [2.75, 3.05) is 0 Å². The molecule has 2 unspecified atom stereocenters. The van der Waals surface area contributed by atoms with Crippen molar-refractivity contribution >= 4 is 23.2 Å². The summed E-state index contributed by atoms with van der Waals surface area (Å²) in [4.78, 5) is 0. The number of rotatable bonds is 4. The second kappa shape index (κ2) is 4.77. The Morgan fingerprint density at radius 1 is 1.41 bits per heavy atom. The van der Waals surface area contributed by atoms with Crippen LogP contribution in [0.5, 0.6) is 0 Å². The third kappa shape index (κ3) is 2.94. The molecular weight excluding hydrogens is 255 g/mol. The molecule has 2 atom stereocenters. The largest absolute Gasteiger partial charge is 0.271 e. The fraction of sp³-hybridized carbons (Fsp3) is 0.538. The van der Waals surface area contributed by atoms with Gasteiger partial charge in [-0.2, -0.15) is 0 Å². The summed E-state index contributed by atoms with van der Waals surface area (Å²) in [5.41, 5.74) is 4.51. The van der Waals surface area contributed by atoms with Crippen molar-refractivity contribution in [1.82, 2.24) is 5.43 Å². The Morgan fingerprint density at radius 3 is 2.53 bits per heavy atom. The summed E-state index contributed by atoms with van der Waals surface area (Å²) >= 11 is 11.9. The summed E-state index contributed by atoms with van der Waals surface area (Å²) in [6.45, 7) is 4.55. The normalized spacial score (nSPS) is 23.5. The minimum absolute atomic E-state index is 0.308. The average molecular weight is 273 g/mol. The summed E-state index contributed by atoms with van der Waals surface area (Å²) < 4.78 is 0. The van der Waals surface area contributed by atoms with E-state index in [1.807, 2.05) is 18.2 Å². The zero-order chi connectivity index (χ0) is 12.6. The molecule has 0 heterocycles. The van der Waals surface area contributed by atoms with Gasteiger partial charge in [0.2, 0.25) is 0 Å². The number of halogens is 2. The van der Waals surface area contributed by atoms with Crippen LogP contribution in [0.1, 0.15) is 25.8 Å². The molecule has 0 bridgehead atoms. The Morgan fingerprint density at radius 2 is 2.06 bits per heavy atom. The summed E-state index contributed by atoms with van der Waals surface area (Å²) in [5, 5.41) is 1.20. The molecule has 0 spiro atoms. The summed E-state index contributed by atoms with van der Waals surface area (Å²) in [7, 11) is 0. The topological polar surface area (TPSA) is 38.0 Å². The lowest BCUT2D eigenvalue weighted by Crippen LogP contribution is -2.39. The summed E-state index contributed by atoms with van der Waals surface area (Å²) in [6, 6.07) is 6.07. The van der Waals surface area contributed by atoms with Crippen LogP contribution in [-0.2, 0) is 6.42 Å². The number of nitrogens with one attached hydrogen (secondary N) is 1. The van der Waals surface area contributed by atoms with Crippen LogP contribution in [0.2, 0.25) is 10.0 Å². The quantitative estimate of drug-likeness (QED) is 0.651. The van der Waals surface area contributed by atoms with E-state index in [2.05, 4.69) is 19.3 Å². The van der Waals surface area contributed by atoms with Crippen LogP contribution in [0.3, 0.4) is 0 Å². The van der Waals surface area contributed by atoms with Gasteiger partial charge in [-0.15, -0.1) is 0 Å². The van der Waals surface area contributed by atoms with Crippen LogP contribution in [0.4, 0.5) is 0 Å². The molecule has 2 rings (SSSR count). The summed E-state index contributed by atoms with van der Waals surface area (Å²) in [5.74, 6) is 6.28. The van der Waals surface area contributed by atoms with Gasteiger partial charge in [-0.05, 0) is 41.9 Å². The molecule has 0 aromatic heterocycles. The zero-order valence-corrected chi connectivity index (χ0v) is 11.6. The molecule has 1 fully saturated rings. The van der Waals surface area contributed by atoms with E-state index in [0.29, 0.717) is 27.4 Å². The lowest BCUT2D eigenvalue weighted by Gasteiger charge is -2.18. The average Bonchev–Trinajstić information content (AvgIpc) is 2.89. The van der Waals surface area contributed by atoms with Gasteiger partial charge in [0.25, 0.3) is 0 Å². The molecule has 17 heavy (non-hydrogen) atoms. The fourth-order valence-corrected chi connectivity index (χ4v) is 2.75. The SMILES string of the molecule is CC1(C)CC1C(Cc1ccc(Cl)c(Cl)c1)NN. The Hall–Kier alpha value is -0.280. The molecule has 0 amide bonds. The van der Waals surface area contributed by atoms with Crippen LogP contribution in [0.25, 0.3) is 0 Å². The van der Waals surface area contributed by atoms with E-state index < -0.39 is 0 Å². The molecule has 94 valence electrons. The van der Waals surface area contributed by atoms with Crippen molar-refractivity contribution in [2.45, 2.75) is 32.7 Å². The minimum Gasteiger partial charge on any atom is -0.271 e. The smallest absolute Gasteiger partial charge is 0.0595 e. The molecule has 2 nitrogen and oxygen atoms in total. The Bertz CT molecular complexity index is 418. The van der Waals surface area contributed by atoms with Crippen LogP contribution in [0, 0.1) is 11.3 Å². The third-order valence-electron chi connectivity index (χ3n) is 3.73. The van der Waals surface area contributed by atoms with Crippen molar-refractivity contribution in [1.29, 1.82) is 0 Å². The first-order chi connectivity index (χ1) is 7.94. The van der Waals surface area contributed by atoms with E-state index in [0.717, 1.165) is 6.42 Å². The molecule has 1 saturated carbocycles. The Kier molecular flexibility index (Phi) is 3.69. The van der Waals surface area contributed by atoms with E-state index in [4.69, 9.17) is 29.0 Å². The maximum atomic E-state index is 6.01. The fourth-order valence-electron chi connectivity index (χ4n) is 2.43. The molecule has 1 aromatic carbocycles. The highest BCUT2D eigenvalue weighted by atomic mass is 35.5. The first-order valence-corrected chi connectivity index (χ1v) is 6.59. The standard InChI is InChI=1S/C13H18Cl2N2/c1-13(2)7-9(13)12(17-16)6-8-3-4-10(14)11(15)5-8/h3-5,9,12,17H,6-7,16H2,1-2H3. The highest BCUT2D eigenvalue weighted by Gasteiger charge is 2.49. The Balaban J connectivity index is 2.06. The predicted molar refractivity (Wildman–Crippen MR) is 73.2 cm³/mol. The first-order valence-electron chi connectivity index (χ1n) is 5.84. The number of benzene rings is 1. The molecule has 0 radical (unpaired) electrons. The first kappa shape index (κ1) is 13.2. The van der Waals surface area contributed by atoms with Crippen molar-refractivity contribution in [2.24, 2.45) is 17.2 Å². The van der Waals surface area contributed by atoms with Crippen molar-refractivity contribution in [3.05, 3.63) is 33.8 Å². The van der Waals surface area contributed by atoms with E-state index in [-0.39, 0.29) is 0 Å². The number of hydrogen-bond acceptors (Lipinski definition) is 2. The molecule has 3 N–H and O–H groups in total. The number of hydrazine groups is 1. The molecule has 0 saturated heterocycles. The molecule has 1 aliphatic carbocycles. The number of hydrogen-bond donors (Lipinski definition) is 2. The minimum atomic E-state index is 0.308. The third-order valence-corrected chi connectivity index (χ3v) is 4.47. The predicted octanol–water partition coefficient (Wildman–Crippen LogP) is 3.41. The van der Waals surface area contributed by atoms with Gasteiger partial charge in [-0.3, -0.25) is 11.3 Å². The van der Waals surface area contributed by atoms with Crippen molar-refractivity contribution in [3.8, 4) is 0 Å². The van der Waals surface area contributed by atoms with E-state index in [9.17, 15) is 0 Å². The van der Waals surface area contributed by atoms with E-state index in [1.165, 1.54) is 12.0 Å². The molecule has 1 aliphatic rings. The van der Waals surface area contributed by atoms with Gasteiger partial charge in [0, 0.05) is 6.04 Å². The zero-order valence-electron chi connectivity index (χ0n) is 10.1. The van der Waals surface area contributed by atoms with Crippen molar-refractivity contribution < 1.29 is 0 Å². The Labute approximate surface area is 112 Å². The number of nitrogens with two attached hydrogens (primary N) is 1. The van der Waals surface area contributed by atoms with Crippen LogP contribution in [-0.4, -0.2) is 6.04 Å². The van der Waals surface area contributed by atoms with Gasteiger partial charge in [-0.1, -0.05) is 43.1 Å². The van der Waals surface area contributed by atoms with Crippen LogP contribution >= 0.6 is 23.2 Å². The van der Waals surface area contributed by atoms with Gasteiger partial charge < -0.3 is 0 Å². The summed E-state index contributed by atoms with van der Waals surface area (Å²) in [6.07, 6.45) is 2.12. The van der Waals surface area contributed by atoms with E-state index in [1.54, 1.807) is 0 Å². The highest BCUT2D eigenvalue weighted by Crippen LogP contribution is 2.53. The van der Waals surface area contributed by atoms with Crippen molar-refractivity contribution in [3.63, 3.8) is 0 Å². The van der Waals surface area contributed by atoms with Gasteiger partial charge in [0.05, 0.1) is 10.0 Å². The molecular formula is C13H18Cl2N2.